The predicted octanol–water partition coefficient (Wildman–Crippen LogP) is 2.88. The molecule has 5 nitrogen and oxygen atoms in total. The van der Waals surface area contributed by atoms with Gasteiger partial charge in [-0.2, -0.15) is 14.9 Å². The number of rotatable bonds is 3. The Morgan fingerprint density at radius 3 is 2.75 bits per heavy atom. The number of aromatic nitrogens is 4. The first kappa shape index (κ1) is 12.4. The van der Waals surface area contributed by atoms with Crippen LogP contribution < -0.4 is 0 Å². The summed E-state index contributed by atoms with van der Waals surface area (Å²) in [6.07, 6.45) is 5.15. The monoisotopic (exact) mass is 281 g/mol. The van der Waals surface area contributed by atoms with Crippen LogP contribution in [-0.2, 0) is 0 Å². The van der Waals surface area contributed by atoms with Crippen LogP contribution >= 0.6 is 12.2 Å². The molecule has 0 radical (unpaired) electrons. The third-order valence-electron chi connectivity index (χ3n) is 2.69. The average molecular weight is 281 g/mol. The van der Waals surface area contributed by atoms with Crippen molar-refractivity contribution in [2.75, 3.05) is 0 Å². The van der Waals surface area contributed by atoms with Gasteiger partial charge in [0, 0.05) is 23.5 Å². The van der Waals surface area contributed by atoms with Gasteiger partial charge in [0.25, 0.3) is 0 Å². The smallest absolute Gasteiger partial charge is 0.216 e. The maximum atomic E-state index is 5.20. The Kier molecular flexibility index (Phi) is 3.47. The Morgan fingerprint density at radius 1 is 1.15 bits per heavy atom. The highest BCUT2D eigenvalue weighted by Gasteiger charge is 2.06. The lowest BCUT2D eigenvalue weighted by molar-refractivity contribution is 0.871. The number of nitrogens with one attached hydrogen (secondary N) is 1. The van der Waals surface area contributed by atoms with Gasteiger partial charge in [-0.3, -0.25) is 4.98 Å². The second kappa shape index (κ2) is 5.58. The second-order valence-corrected chi connectivity index (χ2v) is 4.45. The fourth-order valence-electron chi connectivity index (χ4n) is 1.75. The van der Waals surface area contributed by atoms with Gasteiger partial charge in [-0.15, -0.1) is 0 Å². The molecular weight excluding hydrogens is 270 g/mol. The van der Waals surface area contributed by atoms with Crippen LogP contribution in [0.3, 0.4) is 0 Å². The van der Waals surface area contributed by atoms with Crippen molar-refractivity contribution < 1.29 is 0 Å². The molecule has 1 aromatic carbocycles. The number of nitrogens with zero attached hydrogens (tertiary/aromatic N) is 4. The van der Waals surface area contributed by atoms with Gasteiger partial charge in [0.2, 0.25) is 4.77 Å². The Balaban J connectivity index is 2.01. The Bertz CT molecular complexity index is 774. The molecule has 6 heteroatoms. The molecule has 3 rings (SSSR count). The lowest BCUT2D eigenvalue weighted by Gasteiger charge is -2.00. The predicted molar refractivity (Wildman–Crippen MR) is 80.1 cm³/mol. The highest BCUT2D eigenvalue weighted by atomic mass is 32.1. The number of aromatic amines is 1. The first-order valence-electron chi connectivity index (χ1n) is 6.02. The van der Waals surface area contributed by atoms with E-state index in [4.69, 9.17) is 12.2 Å². The zero-order chi connectivity index (χ0) is 13.8. The minimum atomic E-state index is 0.448. The van der Waals surface area contributed by atoms with Crippen LogP contribution in [0.5, 0.6) is 0 Å². The molecule has 0 unspecified atom stereocenters. The fraction of sp³-hybridized carbons (Fsp3) is 0. The van der Waals surface area contributed by atoms with E-state index in [9.17, 15) is 0 Å². The Hall–Kier alpha value is -2.60. The molecule has 0 bridgehead atoms. The van der Waals surface area contributed by atoms with Crippen molar-refractivity contribution >= 4 is 18.4 Å². The van der Waals surface area contributed by atoms with E-state index in [-0.39, 0.29) is 0 Å². The maximum Gasteiger partial charge on any atom is 0.216 e. The fourth-order valence-corrected chi connectivity index (χ4v) is 1.93. The largest absolute Gasteiger partial charge is 0.264 e. The van der Waals surface area contributed by atoms with E-state index >= 15 is 0 Å². The van der Waals surface area contributed by atoms with Gasteiger partial charge in [0.15, 0.2) is 5.82 Å². The quantitative estimate of drug-likeness (QED) is 0.593. The van der Waals surface area contributed by atoms with Crippen LogP contribution in [0.2, 0.25) is 0 Å². The number of benzene rings is 1. The number of hydrogen-bond acceptors (Lipinski definition) is 4. The van der Waals surface area contributed by atoms with E-state index in [1.165, 1.54) is 0 Å². The van der Waals surface area contributed by atoms with Crippen molar-refractivity contribution in [2.45, 2.75) is 0 Å². The lowest BCUT2D eigenvalue weighted by atomic mass is 10.2. The van der Waals surface area contributed by atoms with E-state index in [0.717, 1.165) is 11.1 Å². The molecule has 98 valence electrons. The van der Waals surface area contributed by atoms with Crippen molar-refractivity contribution in [2.24, 2.45) is 5.10 Å². The zero-order valence-electron chi connectivity index (χ0n) is 10.5. The molecule has 3 aromatic rings. The average Bonchev–Trinajstić information content (AvgIpc) is 2.88. The van der Waals surface area contributed by atoms with Crippen LogP contribution in [0.4, 0.5) is 0 Å². The van der Waals surface area contributed by atoms with Crippen molar-refractivity contribution in [3.05, 3.63) is 65.2 Å². The van der Waals surface area contributed by atoms with E-state index in [1.807, 2.05) is 42.5 Å². The van der Waals surface area contributed by atoms with Crippen LogP contribution in [0.1, 0.15) is 5.56 Å². The first-order chi connectivity index (χ1) is 9.84. The summed E-state index contributed by atoms with van der Waals surface area (Å²) in [6.45, 7) is 0. The SMILES string of the molecule is S=c1[nH]nc(-c2ccccc2)n1/N=C/c1cccnc1. The number of H-pyrrole nitrogens is 1. The van der Waals surface area contributed by atoms with Gasteiger partial charge < -0.3 is 0 Å². The van der Waals surface area contributed by atoms with Crippen molar-refractivity contribution in [3.63, 3.8) is 0 Å². The standard InChI is InChI=1S/C14H11N5S/c20-14-18-17-13(12-6-2-1-3-7-12)19(14)16-10-11-5-4-8-15-9-11/h1-10H,(H,18,20)/b16-10+. The van der Waals surface area contributed by atoms with Crippen molar-refractivity contribution in [1.29, 1.82) is 0 Å². The molecular formula is C14H11N5S. The van der Waals surface area contributed by atoms with Crippen LogP contribution in [0.15, 0.2) is 60.0 Å². The molecule has 0 saturated heterocycles. The molecule has 2 heterocycles. The summed E-state index contributed by atoms with van der Waals surface area (Å²) >= 11 is 5.20. The van der Waals surface area contributed by atoms with Crippen LogP contribution in [0, 0.1) is 4.77 Å². The van der Waals surface area contributed by atoms with Crippen LogP contribution in [0.25, 0.3) is 11.4 Å². The molecule has 0 amide bonds. The summed E-state index contributed by atoms with van der Waals surface area (Å²) in [7, 11) is 0. The minimum Gasteiger partial charge on any atom is -0.264 e. The second-order valence-electron chi connectivity index (χ2n) is 4.06. The van der Waals surface area contributed by atoms with Gasteiger partial charge in [-0.25, -0.2) is 5.10 Å². The van der Waals surface area contributed by atoms with Gasteiger partial charge in [0.1, 0.15) is 0 Å². The summed E-state index contributed by atoms with van der Waals surface area (Å²) in [5, 5.41) is 11.3. The molecule has 2 aromatic heterocycles. The molecule has 1 N–H and O–H groups in total. The van der Waals surface area contributed by atoms with Crippen LogP contribution in [-0.4, -0.2) is 26.1 Å². The highest BCUT2D eigenvalue weighted by molar-refractivity contribution is 7.71. The van der Waals surface area contributed by atoms with Crippen molar-refractivity contribution in [1.82, 2.24) is 19.9 Å². The summed E-state index contributed by atoms with van der Waals surface area (Å²) in [6, 6.07) is 13.5. The minimum absolute atomic E-state index is 0.448. The third kappa shape index (κ3) is 2.55. The van der Waals surface area contributed by atoms with Crippen molar-refractivity contribution in [3.8, 4) is 11.4 Å². The van der Waals surface area contributed by atoms with E-state index in [0.29, 0.717) is 10.6 Å². The maximum absolute atomic E-state index is 5.20. The van der Waals surface area contributed by atoms with E-state index in [2.05, 4.69) is 20.3 Å². The van der Waals surface area contributed by atoms with Gasteiger partial charge in [-0.1, -0.05) is 36.4 Å². The molecule has 0 aliphatic rings. The molecule has 0 aliphatic carbocycles. The Morgan fingerprint density at radius 2 is 2.00 bits per heavy atom. The van der Waals surface area contributed by atoms with E-state index in [1.54, 1.807) is 23.3 Å². The normalized spacial score (nSPS) is 11.0. The van der Waals surface area contributed by atoms with Gasteiger partial charge >= 0.3 is 0 Å². The molecule has 0 aliphatic heterocycles. The summed E-state index contributed by atoms with van der Waals surface area (Å²) in [5.41, 5.74) is 1.85. The third-order valence-corrected chi connectivity index (χ3v) is 2.95. The lowest BCUT2D eigenvalue weighted by Crippen LogP contribution is -1.95. The molecule has 0 fully saturated rings. The molecule has 0 saturated carbocycles. The topological polar surface area (TPSA) is 58.9 Å². The zero-order valence-corrected chi connectivity index (χ0v) is 11.3. The highest BCUT2D eigenvalue weighted by Crippen LogP contribution is 2.16. The molecule has 0 spiro atoms. The number of pyridine rings is 1. The molecule has 20 heavy (non-hydrogen) atoms. The summed E-state index contributed by atoms with van der Waals surface area (Å²) in [4.78, 5) is 4.04. The van der Waals surface area contributed by atoms with Gasteiger partial charge in [-0.05, 0) is 18.3 Å². The first-order valence-corrected chi connectivity index (χ1v) is 6.42. The summed E-state index contributed by atoms with van der Waals surface area (Å²) < 4.78 is 2.04. The summed E-state index contributed by atoms with van der Waals surface area (Å²) in [5.74, 6) is 0.677. The van der Waals surface area contributed by atoms with Gasteiger partial charge in [0.05, 0.1) is 6.21 Å². The van der Waals surface area contributed by atoms with E-state index < -0.39 is 0 Å². The number of hydrogen-bond donors (Lipinski definition) is 1. The Labute approximate surface area is 120 Å². The molecule has 0 atom stereocenters.